The van der Waals surface area contributed by atoms with Gasteiger partial charge in [0, 0.05) is 17.1 Å². The van der Waals surface area contributed by atoms with Crippen LogP contribution in [0, 0.1) is 6.92 Å². The molecule has 1 unspecified atom stereocenters. The predicted molar refractivity (Wildman–Crippen MR) is 55.1 cm³/mol. The van der Waals surface area contributed by atoms with Gasteiger partial charge >= 0.3 is 0 Å². The van der Waals surface area contributed by atoms with Gasteiger partial charge in [0.25, 0.3) is 0 Å². The molecule has 0 bridgehead atoms. The van der Waals surface area contributed by atoms with Crippen molar-refractivity contribution in [3.05, 3.63) is 34.3 Å². The van der Waals surface area contributed by atoms with Crippen molar-refractivity contribution in [1.29, 1.82) is 0 Å². The maximum atomic E-state index is 9.68. The van der Waals surface area contributed by atoms with E-state index in [1.807, 2.05) is 25.1 Å². The molecule has 72 valence electrons. The molecule has 1 rings (SSSR count). The lowest BCUT2D eigenvalue weighted by atomic mass is 10.1. The Bertz CT molecular complexity index is 288. The van der Waals surface area contributed by atoms with E-state index in [0.29, 0.717) is 11.6 Å². The van der Waals surface area contributed by atoms with Crippen molar-refractivity contribution in [1.82, 2.24) is 5.32 Å². The molecule has 3 heteroatoms. The number of aryl methyl sites for hydroxylation is 1. The van der Waals surface area contributed by atoms with Gasteiger partial charge in [-0.15, -0.1) is 0 Å². The summed E-state index contributed by atoms with van der Waals surface area (Å²) in [4.78, 5) is 0. The molecule has 0 amide bonds. The Morgan fingerprint density at radius 3 is 2.85 bits per heavy atom. The van der Waals surface area contributed by atoms with E-state index in [1.54, 1.807) is 7.05 Å². The highest BCUT2D eigenvalue weighted by molar-refractivity contribution is 6.31. The van der Waals surface area contributed by atoms with E-state index in [9.17, 15) is 5.11 Å². The molecule has 13 heavy (non-hydrogen) atoms. The van der Waals surface area contributed by atoms with Gasteiger partial charge in [-0.25, -0.2) is 0 Å². The van der Waals surface area contributed by atoms with E-state index >= 15 is 0 Å². The molecule has 0 aliphatic rings. The van der Waals surface area contributed by atoms with Crippen molar-refractivity contribution >= 4 is 11.6 Å². The number of halogens is 1. The third-order valence-corrected chi connectivity index (χ3v) is 2.25. The monoisotopic (exact) mass is 199 g/mol. The second kappa shape index (κ2) is 4.61. The number of aliphatic hydroxyl groups excluding tert-OH is 1. The van der Waals surface area contributed by atoms with Crippen molar-refractivity contribution in [3.8, 4) is 0 Å². The van der Waals surface area contributed by atoms with Crippen molar-refractivity contribution in [3.63, 3.8) is 0 Å². The molecule has 0 saturated carbocycles. The van der Waals surface area contributed by atoms with Gasteiger partial charge in [0.2, 0.25) is 0 Å². The highest BCUT2D eigenvalue weighted by atomic mass is 35.5. The van der Waals surface area contributed by atoms with Crippen LogP contribution in [-0.4, -0.2) is 18.7 Å². The number of hydrogen-bond donors (Lipinski definition) is 2. The van der Waals surface area contributed by atoms with Crippen LogP contribution in [0.3, 0.4) is 0 Å². The zero-order valence-corrected chi connectivity index (χ0v) is 8.60. The number of benzene rings is 1. The minimum absolute atomic E-state index is 0.517. The molecule has 0 fully saturated rings. The van der Waals surface area contributed by atoms with Crippen LogP contribution < -0.4 is 5.32 Å². The van der Waals surface area contributed by atoms with E-state index in [0.717, 1.165) is 11.1 Å². The first-order chi connectivity index (χ1) is 6.15. The Labute approximate surface area is 83.5 Å². The lowest BCUT2D eigenvalue weighted by molar-refractivity contribution is 0.178. The van der Waals surface area contributed by atoms with Crippen LogP contribution in [0.15, 0.2) is 18.2 Å². The van der Waals surface area contributed by atoms with Crippen LogP contribution in [0.25, 0.3) is 0 Å². The lowest BCUT2D eigenvalue weighted by Gasteiger charge is -2.12. The van der Waals surface area contributed by atoms with Crippen molar-refractivity contribution in [2.24, 2.45) is 0 Å². The zero-order valence-electron chi connectivity index (χ0n) is 7.84. The summed E-state index contributed by atoms with van der Waals surface area (Å²) in [6.45, 7) is 2.50. The summed E-state index contributed by atoms with van der Waals surface area (Å²) in [5.41, 5.74) is 1.89. The fraction of sp³-hybridized carbons (Fsp3) is 0.400. The maximum Gasteiger partial charge on any atom is 0.0928 e. The molecule has 2 nitrogen and oxygen atoms in total. The van der Waals surface area contributed by atoms with Gasteiger partial charge in [-0.05, 0) is 20.0 Å². The van der Waals surface area contributed by atoms with Crippen LogP contribution in [0.2, 0.25) is 5.02 Å². The standard InChI is InChI=1S/C10H14ClNO/c1-7-3-4-9(11)8(5-7)10(13)6-12-2/h3-5,10,12-13H,6H2,1-2H3. The average Bonchev–Trinajstić information content (AvgIpc) is 2.09. The zero-order chi connectivity index (χ0) is 9.84. The second-order valence-electron chi connectivity index (χ2n) is 3.10. The Morgan fingerprint density at radius 1 is 1.54 bits per heavy atom. The first-order valence-electron chi connectivity index (χ1n) is 4.24. The molecule has 0 aliphatic heterocycles. The number of likely N-dealkylation sites (N-methyl/N-ethyl adjacent to an activating group) is 1. The molecule has 0 aromatic heterocycles. The van der Waals surface area contributed by atoms with Gasteiger partial charge in [-0.2, -0.15) is 0 Å². The summed E-state index contributed by atoms with van der Waals surface area (Å²) in [7, 11) is 1.80. The van der Waals surface area contributed by atoms with Crippen molar-refractivity contribution < 1.29 is 5.11 Å². The summed E-state index contributed by atoms with van der Waals surface area (Å²) in [5, 5.41) is 13.2. The third-order valence-electron chi connectivity index (χ3n) is 1.91. The van der Waals surface area contributed by atoms with Gasteiger partial charge in [-0.1, -0.05) is 29.3 Å². The third kappa shape index (κ3) is 2.69. The lowest BCUT2D eigenvalue weighted by Crippen LogP contribution is -2.17. The number of nitrogens with one attached hydrogen (secondary N) is 1. The summed E-state index contributed by atoms with van der Waals surface area (Å²) in [6, 6.07) is 5.65. The van der Waals surface area contributed by atoms with Crippen LogP contribution >= 0.6 is 11.6 Å². The van der Waals surface area contributed by atoms with Gasteiger partial charge in [0.15, 0.2) is 0 Å². The molecule has 1 aromatic rings. The Hall–Kier alpha value is -0.570. The molecular weight excluding hydrogens is 186 g/mol. The SMILES string of the molecule is CNCC(O)c1cc(C)ccc1Cl. The first-order valence-corrected chi connectivity index (χ1v) is 4.61. The quantitative estimate of drug-likeness (QED) is 0.780. The van der Waals surface area contributed by atoms with E-state index in [2.05, 4.69) is 5.32 Å². The smallest absolute Gasteiger partial charge is 0.0928 e. The van der Waals surface area contributed by atoms with E-state index in [-0.39, 0.29) is 0 Å². The molecule has 0 saturated heterocycles. The Balaban J connectivity index is 2.91. The highest BCUT2D eigenvalue weighted by Gasteiger charge is 2.09. The predicted octanol–water partition coefficient (Wildman–Crippen LogP) is 1.90. The molecule has 0 spiro atoms. The summed E-state index contributed by atoms with van der Waals surface area (Å²) >= 11 is 5.94. The van der Waals surface area contributed by atoms with Crippen molar-refractivity contribution in [2.75, 3.05) is 13.6 Å². The van der Waals surface area contributed by atoms with Crippen LogP contribution in [-0.2, 0) is 0 Å². The Kier molecular flexibility index (Phi) is 3.72. The topological polar surface area (TPSA) is 32.3 Å². The minimum Gasteiger partial charge on any atom is -0.387 e. The molecule has 0 radical (unpaired) electrons. The summed E-state index contributed by atoms with van der Waals surface area (Å²) in [6.07, 6.45) is -0.530. The summed E-state index contributed by atoms with van der Waals surface area (Å²) in [5.74, 6) is 0. The van der Waals surface area contributed by atoms with Gasteiger partial charge < -0.3 is 10.4 Å². The van der Waals surface area contributed by atoms with E-state index in [1.165, 1.54) is 0 Å². The van der Waals surface area contributed by atoms with Gasteiger partial charge in [-0.3, -0.25) is 0 Å². The molecular formula is C10H14ClNO. The molecule has 0 heterocycles. The largest absolute Gasteiger partial charge is 0.387 e. The highest BCUT2D eigenvalue weighted by Crippen LogP contribution is 2.23. The fourth-order valence-electron chi connectivity index (χ4n) is 1.22. The van der Waals surface area contributed by atoms with Crippen molar-refractivity contribution in [2.45, 2.75) is 13.0 Å². The maximum absolute atomic E-state index is 9.68. The first kappa shape index (κ1) is 10.5. The number of rotatable bonds is 3. The van der Waals surface area contributed by atoms with E-state index < -0.39 is 6.10 Å². The normalized spacial score (nSPS) is 12.9. The number of aliphatic hydroxyl groups is 1. The average molecular weight is 200 g/mol. The summed E-state index contributed by atoms with van der Waals surface area (Å²) < 4.78 is 0. The van der Waals surface area contributed by atoms with Gasteiger partial charge in [0.05, 0.1) is 6.10 Å². The van der Waals surface area contributed by atoms with E-state index in [4.69, 9.17) is 11.6 Å². The van der Waals surface area contributed by atoms with Crippen LogP contribution in [0.1, 0.15) is 17.2 Å². The Morgan fingerprint density at radius 2 is 2.23 bits per heavy atom. The second-order valence-corrected chi connectivity index (χ2v) is 3.51. The van der Waals surface area contributed by atoms with Gasteiger partial charge in [0.1, 0.15) is 0 Å². The fourth-order valence-corrected chi connectivity index (χ4v) is 1.47. The molecule has 1 aromatic carbocycles. The molecule has 0 aliphatic carbocycles. The number of hydrogen-bond acceptors (Lipinski definition) is 2. The molecule has 2 N–H and O–H groups in total. The minimum atomic E-state index is -0.530. The van der Waals surface area contributed by atoms with Crippen LogP contribution in [0.5, 0.6) is 0 Å². The molecule has 1 atom stereocenters. The van der Waals surface area contributed by atoms with Crippen LogP contribution in [0.4, 0.5) is 0 Å².